The quantitative estimate of drug-likeness (QED) is 0.505. The van der Waals surface area contributed by atoms with E-state index in [1.807, 2.05) is 11.8 Å². The van der Waals surface area contributed by atoms with Crippen molar-refractivity contribution in [2.45, 2.75) is 51.6 Å². The average molecular weight is 394 g/mol. The molecule has 0 saturated heterocycles. The van der Waals surface area contributed by atoms with Gasteiger partial charge in [-0.25, -0.2) is 4.98 Å². The third-order valence-corrected chi connectivity index (χ3v) is 6.84. The molecule has 1 aromatic heterocycles. The molecule has 148 valence electrons. The highest BCUT2D eigenvalue weighted by Crippen LogP contribution is 2.35. The summed E-state index contributed by atoms with van der Waals surface area (Å²) in [6, 6.07) is 16.0. The number of benzene rings is 2. The molecule has 0 radical (unpaired) electrons. The third kappa shape index (κ3) is 3.80. The maximum Gasteiger partial charge on any atom is 0.110 e. The predicted octanol–water partition coefficient (Wildman–Crippen LogP) is 5.35. The average Bonchev–Trinajstić information content (AvgIpc) is 3.08. The number of aryl methyl sites for hydroxylation is 4. The summed E-state index contributed by atoms with van der Waals surface area (Å²) >= 11 is 1.93. The lowest BCUT2D eigenvalue weighted by Gasteiger charge is -2.33. The highest BCUT2D eigenvalue weighted by Gasteiger charge is 2.24. The Kier molecular flexibility index (Phi) is 5.96. The van der Waals surface area contributed by atoms with Crippen LogP contribution >= 0.6 is 11.8 Å². The van der Waals surface area contributed by atoms with Crippen LogP contribution in [0.1, 0.15) is 36.7 Å². The van der Waals surface area contributed by atoms with E-state index in [9.17, 15) is 0 Å². The van der Waals surface area contributed by atoms with Gasteiger partial charge < -0.3 is 9.47 Å². The molecule has 0 spiro atoms. The van der Waals surface area contributed by atoms with Crippen molar-refractivity contribution in [2.75, 3.05) is 24.0 Å². The van der Waals surface area contributed by atoms with Crippen LogP contribution in [-0.4, -0.2) is 34.6 Å². The number of anilines is 1. The van der Waals surface area contributed by atoms with Crippen LogP contribution in [0.25, 0.3) is 11.0 Å². The standard InChI is InChI=1S/C24H31N3S/c1-18-10-12-20-21(26(18)2)13-14-22-24(20)25-23(27(22)16-7-17-28-3)15-11-19-8-5-4-6-9-19/h4-6,8-9,13-14,18H,7,10-12,15-17H2,1-3H3. The van der Waals surface area contributed by atoms with Crippen LogP contribution in [0, 0.1) is 0 Å². The number of imidazole rings is 1. The van der Waals surface area contributed by atoms with Gasteiger partial charge in [0.25, 0.3) is 0 Å². The van der Waals surface area contributed by atoms with Gasteiger partial charge >= 0.3 is 0 Å². The Morgan fingerprint density at radius 1 is 1.11 bits per heavy atom. The fraction of sp³-hybridized carbons (Fsp3) is 0.458. The molecule has 1 aliphatic rings. The summed E-state index contributed by atoms with van der Waals surface area (Å²) in [4.78, 5) is 7.63. The van der Waals surface area contributed by atoms with Crippen LogP contribution in [0.15, 0.2) is 42.5 Å². The molecule has 0 N–H and O–H groups in total. The summed E-state index contributed by atoms with van der Waals surface area (Å²) in [5, 5.41) is 0. The Morgan fingerprint density at radius 3 is 2.71 bits per heavy atom. The second kappa shape index (κ2) is 8.60. The number of hydrogen-bond donors (Lipinski definition) is 0. The number of rotatable bonds is 7. The minimum Gasteiger partial charge on any atom is -0.372 e. The lowest BCUT2D eigenvalue weighted by atomic mass is 9.96. The predicted molar refractivity (Wildman–Crippen MR) is 123 cm³/mol. The van der Waals surface area contributed by atoms with Gasteiger partial charge in [0.05, 0.1) is 11.0 Å². The van der Waals surface area contributed by atoms with Crippen LogP contribution < -0.4 is 4.90 Å². The number of hydrogen-bond acceptors (Lipinski definition) is 3. The van der Waals surface area contributed by atoms with Crippen molar-refractivity contribution in [3.63, 3.8) is 0 Å². The molecule has 3 nitrogen and oxygen atoms in total. The second-order valence-electron chi connectivity index (χ2n) is 7.94. The Hall–Kier alpha value is -1.94. The highest BCUT2D eigenvalue weighted by molar-refractivity contribution is 7.98. The Labute approximate surface area is 173 Å². The molecule has 0 bridgehead atoms. The summed E-state index contributed by atoms with van der Waals surface area (Å²) in [6.07, 6.45) is 7.78. The lowest BCUT2D eigenvalue weighted by molar-refractivity contribution is 0.600. The summed E-state index contributed by atoms with van der Waals surface area (Å²) in [7, 11) is 2.22. The summed E-state index contributed by atoms with van der Waals surface area (Å²) < 4.78 is 2.49. The van der Waals surface area contributed by atoms with E-state index < -0.39 is 0 Å². The van der Waals surface area contributed by atoms with Crippen molar-refractivity contribution in [1.29, 1.82) is 0 Å². The molecule has 0 fully saturated rings. The molecule has 28 heavy (non-hydrogen) atoms. The van der Waals surface area contributed by atoms with Gasteiger partial charge in [-0.1, -0.05) is 30.3 Å². The first-order valence-corrected chi connectivity index (χ1v) is 11.8. The molecule has 4 heteroatoms. The van der Waals surface area contributed by atoms with E-state index in [4.69, 9.17) is 4.98 Å². The first-order valence-electron chi connectivity index (χ1n) is 10.5. The Bertz CT molecular complexity index is 932. The maximum absolute atomic E-state index is 5.21. The number of aromatic nitrogens is 2. The molecule has 1 aliphatic heterocycles. The Morgan fingerprint density at radius 2 is 1.93 bits per heavy atom. The van der Waals surface area contributed by atoms with E-state index in [0.717, 1.165) is 25.8 Å². The monoisotopic (exact) mass is 393 g/mol. The molecule has 0 aliphatic carbocycles. The van der Waals surface area contributed by atoms with Crippen molar-refractivity contribution >= 4 is 28.5 Å². The van der Waals surface area contributed by atoms with Crippen molar-refractivity contribution in [3.8, 4) is 0 Å². The van der Waals surface area contributed by atoms with E-state index in [-0.39, 0.29) is 0 Å². The largest absolute Gasteiger partial charge is 0.372 e. The van der Waals surface area contributed by atoms with Gasteiger partial charge in [-0.2, -0.15) is 11.8 Å². The molecule has 2 aromatic carbocycles. The molecular weight excluding hydrogens is 362 g/mol. The molecule has 3 aromatic rings. The first-order chi connectivity index (χ1) is 13.7. The fourth-order valence-corrected chi connectivity index (χ4v) is 4.77. The molecule has 0 amide bonds. The van der Waals surface area contributed by atoms with Gasteiger partial charge in [0.2, 0.25) is 0 Å². The van der Waals surface area contributed by atoms with Crippen LogP contribution in [0.2, 0.25) is 0 Å². The SMILES string of the molecule is CSCCCn1c(CCc2ccccc2)nc2c3c(ccc21)N(C)C(C)CC3. The van der Waals surface area contributed by atoms with E-state index in [1.165, 1.54) is 52.3 Å². The van der Waals surface area contributed by atoms with E-state index in [2.05, 4.69) is 72.2 Å². The van der Waals surface area contributed by atoms with Crippen molar-refractivity contribution in [1.82, 2.24) is 9.55 Å². The number of thioether (sulfide) groups is 1. The molecule has 1 atom stereocenters. The van der Waals surface area contributed by atoms with Crippen molar-refractivity contribution in [2.24, 2.45) is 0 Å². The highest BCUT2D eigenvalue weighted by atomic mass is 32.2. The molecule has 1 unspecified atom stereocenters. The van der Waals surface area contributed by atoms with Crippen LogP contribution in [0.5, 0.6) is 0 Å². The third-order valence-electron chi connectivity index (χ3n) is 6.14. The number of nitrogens with zero attached hydrogens (tertiary/aromatic N) is 3. The van der Waals surface area contributed by atoms with Crippen molar-refractivity contribution < 1.29 is 0 Å². The second-order valence-corrected chi connectivity index (χ2v) is 8.93. The molecule has 4 rings (SSSR count). The van der Waals surface area contributed by atoms with E-state index >= 15 is 0 Å². The zero-order valence-corrected chi connectivity index (χ0v) is 18.1. The smallest absolute Gasteiger partial charge is 0.110 e. The topological polar surface area (TPSA) is 21.1 Å². The first kappa shape index (κ1) is 19.4. The zero-order valence-electron chi connectivity index (χ0n) is 17.3. The maximum atomic E-state index is 5.21. The van der Waals surface area contributed by atoms with Crippen LogP contribution in [0.4, 0.5) is 5.69 Å². The zero-order chi connectivity index (χ0) is 19.5. The summed E-state index contributed by atoms with van der Waals surface area (Å²) in [6.45, 7) is 3.38. The van der Waals surface area contributed by atoms with Gasteiger partial charge in [-0.3, -0.25) is 0 Å². The van der Waals surface area contributed by atoms with Gasteiger partial charge in [0.1, 0.15) is 5.82 Å². The Balaban J connectivity index is 1.71. The minimum atomic E-state index is 0.603. The summed E-state index contributed by atoms with van der Waals surface area (Å²) in [5.41, 5.74) is 6.77. The lowest BCUT2D eigenvalue weighted by Crippen LogP contribution is -2.33. The van der Waals surface area contributed by atoms with Crippen LogP contribution in [-0.2, 0) is 25.8 Å². The van der Waals surface area contributed by atoms with E-state index in [1.54, 1.807) is 0 Å². The van der Waals surface area contributed by atoms with Crippen molar-refractivity contribution in [3.05, 3.63) is 59.4 Å². The van der Waals surface area contributed by atoms with Gasteiger partial charge in [-0.05, 0) is 62.3 Å². The number of fused-ring (bicyclic) bond motifs is 3. The van der Waals surface area contributed by atoms with Crippen LogP contribution in [0.3, 0.4) is 0 Å². The molecular formula is C24H31N3S. The van der Waals surface area contributed by atoms with Gasteiger partial charge in [-0.15, -0.1) is 0 Å². The summed E-state index contributed by atoms with van der Waals surface area (Å²) in [5.74, 6) is 2.44. The minimum absolute atomic E-state index is 0.603. The van der Waals surface area contributed by atoms with E-state index in [0.29, 0.717) is 6.04 Å². The molecule has 2 heterocycles. The fourth-order valence-electron chi connectivity index (χ4n) is 4.35. The van der Waals surface area contributed by atoms with Gasteiger partial charge in [0, 0.05) is 37.3 Å². The normalized spacial score (nSPS) is 16.5. The molecule has 0 saturated carbocycles. The van der Waals surface area contributed by atoms with Gasteiger partial charge in [0.15, 0.2) is 0 Å².